The third-order valence-electron chi connectivity index (χ3n) is 3.68. The van der Waals surface area contributed by atoms with E-state index in [9.17, 15) is 0 Å². The van der Waals surface area contributed by atoms with Gasteiger partial charge in [0.1, 0.15) is 0 Å². The quantitative estimate of drug-likeness (QED) is 0.787. The summed E-state index contributed by atoms with van der Waals surface area (Å²) < 4.78 is 0. The second kappa shape index (κ2) is 5.54. The van der Waals surface area contributed by atoms with E-state index in [2.05, 4.69) is 55.1 Å². The molecule has 1 aliphatic heterocycles. The first kappa shape index (κ1) is 12.4. The van der Waals surface area contributed by atoms with Crippen molar-refractivity contribution in [2.75, 3.05) is 38.6 Å². The lowest BCUT2D eigenvalue weighted by Crippen LogP contribution is -2.23. The predicted octanol–water partition coefficient (Wildman–Crippen LogP) is 2.64. The zero-order chi connectivity index (χ0) is 12.3. The molecule has 2 nitrogen and oxygen atoms in total. The first-order valence-corrected chi connectivity index (χ1v) is 6.64. The average molecular weight is 232 g/mol. The number of anilines is 1. The second-order valence-electron chi connectivity index (χ2n) is 5.51. The molecule has 2 rings (SSSR count). The van der Waals surface area contributed by atoms with Gasteiger partial charge in [-0.25, -0.2) is 0 Å². The van der Waals surface area contributed by atoms with Crippen LogP contribution >= 0.6 is 0 Å². The summed E-state index contributed by atoms with van der Waals surface area (Å²) in [6.07, 6.45) is 2.56. The molecule has 0 bridgehead atoms. The van der Waals surface area contributed by atoms with Crippen molar-refractivity contribution in [1.29, 1.82) is 0 Å². The summed E-state index contributed by atoms with van der Waals surface area (Å²) in [5, 5.41) is 0. The number of likely N-dealkylation sites (tertiary alicyclic amines) is 1. The van der Waals surface area contributed by atoms with Gasteiger partial charge in [0.15, 0.2) is 0 Å². The maximum absolute atomic E-state index is 2.59. The van der Waals surface area contributed by atoms with E-state index in [0.717, 1.165) is 5.92 Å². The van der Waals surface area contributed by atoms with Gasteiger partial charge in [0.25, 0.3) is 0 Å². The van der Waals surface area contributed by atoms with Crippen LogP contribution in [0.5, 0.6) is 0 Å². The first-order valence-electron chi connectivity index (χ1n) is 6.64. The fourth-order valence-corrected chi connectivity index (χ4v) is 2.48. The van der Waals surface area contributed by atoms with Crippen molar-refractivity contribution < 1.29 is 0 Å². The molecule has 0 aliphatic carbocycles. The standard InChI is InChI=1S/C15H24N2/c1-13-8-10-17(12-13)11-9-14-4-6-15(7-5-14)16(2)3/h4-7,13H,8-12H2,1-3H3. The lowest BCUT2D eigenvalue weighted by atomic mass is 10.1. The zero-order valence-corrected chi connectivity index (χ0v) is 11.3. The lowest BCUT2D eigenvalue weighted by Gasteiger charge is -2.16. The topological polar surface area (TPSA) is 6.48 Å². The van der Waals surface area contributed by atoms with Crippen LogP contribution < -0.4 is 4.90 Å². The van der Waals surface area contributed by atoms with E-state index >= 15 is 0 Å². The summed E-state index contributed by atoms with van der Waals surface area (Å²) in [7, 11) is 4.17. The average Bonchev–Trinajstić information content (AvgIpc) is 2.73. The smallest absolute Gasteiger partial charge is 0.0361 e. The van der Waals surface area contributed by atoms with Crippen LogP contribution in [0.2, 0.25) is 0 Å². The Hall–Kier alpha value is -1.02. The fraction of sp³-hybridized carbons (Fsp3) is 0.600. The van der Waals surface area contributed by atoms with E-state index in [1.54, 1.807) is 0 Å². The van der Waals surface area contributed by atoms with Gasteiger partial charge < -0.3 is 9.80 Å². The number of hydrogen-bond acceptors (Lipinski definition) is 2. The fourth-order valence-electron chi connectivity index (χ4n) is 2.48. The normalized spacial score (nSPS) is 20.8. The summed E-state index contributed by atoms with van der Waals surface area (Å²) in [5.74, 6) is 0.895. The van der Waals surface area contributed by atoms with Crippen molar-refractivity contribution in [1.82, 2.24) is 4.90 Å². The van der Waals surface area contributed by atoms with Gasteiger partial charge in [-0.2, -0.15) is 0 Å². The molecule has 0 N–H and O–H groups in total. The van der Waals surface area contributed by atoms with Crippen LogP contribution in [-0.2, 0) is 6.42 Å². The van der Waals surface area contributed by atoms with Gasteiger partial charge in [-0.1, -0.05) is 19.1 Å². The maximum atomic E-state index is 2.59. The van der Waals surface area contributed by atoms with Gasteiger partial charge in [0.05, 0.1) is 0 Å². The van der Waals surface area contributed by atoms with Crippen LogP contribution in [0.4, 0.5) is 5.69 Å². The summed E-state index contributed by atoms with van der Waals surface area (Å²) in [6, 6.07) is 8.94. The Kier molecular flexibility index (Phi) is 4.06. The van der Waals surface area contributed by atoms with Crippen LogP contribution in [-0.4, -0.2) is 38.6 Å². The highest BCUT2D eigenvalue weighted by Crippen LogP contribution is 2.16. The third kappa shape index (κ3) is 3.47. The van der Waals surface area contributed by atoms with Crippen molar-refractivity contribution >= 4 is 5.69 Å². The summed E-state index contributed by atoms with van der Waals surface area (Å²) >= 11 is 0. The summed E-state index contributed by atoms with van der Waals surface area (Å²) in [4.78, 5) is 4.73. The molecule has 1 unspecified atom stereocenters. The summed E-state index contributed by atoms with van der Waals surface area (Å²) in [6.45, 7) is 6.14. The van der Waals surface area contributed by atoms with Crippen LogP contribution in [0, 0.1) is 5.92 Å². The van der Waals surface area contributed by atoms with Gasteiger partial charge >= 0.3 is 0 Å². The molecule has 0 spiro atoms. The van der Waals surface area contributed by atoms with Gasteiger partial charge in [0, 0.05) is 32.9 Å². The molecular weight excluding hydrogens is 208 g/mol. The Bertz CT molecular complexity index is 342. The van der Waals surface area contributed by atoms with Crippen LogP contribution in [0.3, 0.4) is 0 Å². The largest absolute Gasteiger partial charge is 0.378 e. The monoisotopic (exact) mass is 232 g/mol. The van der Waals surface area contributed by atoms with E-state index in [4.69, 9.17) is 0 Å². The van der Waals surface area contributed by atoms with Crippen molar-refractivity contribution in [2.45, 2.75) is 19.8 Å². The van der Waals surface area contributed by atoms with Crippen molar-refractivity contribution in [3.63, 3.8) is 0 Å². The molecule has 1 aromatic carbocycles. The van der Waals surface area contributed by atoms with Crippen molar-refractivity contribution in [3.8, 4) is 0 Å². The molecule has 17 heavy (non-hydrogen) atoms. The molecule has 1 aliphatic rings. The Balaban J connectivity index is 1.83. The van der Waals surface area contributed by atoms with E-state index in [1.807, 2.05) is 0 Å². The van der Waals surface area contributed by atoms with Crippen molar-refractivity contribution in [3.05, 3.63) is 29.8 Å². The molecule has 0 aromatic heterocycles. The van der Waals surface area contributed by atoms with E-state index < -0.39 is 0 Å². The molecule has 94 valence electrons. The molecule has 0 radical (unpaired) electrons. The third-order valence-corrected chi connectivity index (χ3v) is 3.68. The Labute approximate surface area is 105 Å². The van der Waals surface area contributed by atoms with Crippen LogP contribution in [0.15, 0.2) is 24.3 Å². The number of nitrogens with zero attached hydrogens (tertiary/aromatic N) is 2. The van der Waals surface area contributed by atoms with E-state index in [0.29, 0.717) is 0 Å². The summed E-state index contributed by atoms with van der Waals surface area (Å²) in [5.41, 5.74) is 2.73. The van der Waals surface area contributed by atoms with Crippen molar-refractivity contribution in [2.24, 2.45) is 5.92 Å². The molecule has 1 atom stereocenters. The van der Waals surface area contributed by atoms with Gasteiger partial charge in [-0.05, 0) is 43.0 Å². The van der Waals surface area contributed by atoms with Gasteiger partial charge in [0.2, 0.25) is 0 Å². The minimum absolute atomic E-state index is 0.895. The lowest BCUT2D eigenvalue weighted by molar-refractivity contribution is 0.332. The molecule has 0 saturated carbocycles. The molecule has 1 heterocycles. The van der Waals surface area contributed by atoms with Gasteiger partial charge in [-0.3, -0.25) is 0 Å². The van der Waals surface area contributed by atoms with E-state index in [1.165, 1.54) is 43.7 Å². The molecule has 1 saturated heterocycles. The Morgan fingerprint density at radius 2 is 1.94 bits per heavy atom. The highest BCUT2D eigenvalue weighted by molar-refractivity contribution is 5.46. The molecule has 2 heteroatoms. The molecular formula is C15H24N2. The SMILES string of the molecule is CC1CCN(CCc2ccc(N(C)C)cc2)C1. The molecule has 0 amide bonds. The van der Waals surface area contributed by atoms with Crippen LogP contribution in [0.1, 0.15) is 18.9 Å². The maximum Gasteiger partial charge on any atom is 0.0361 e. The van der Waals surface area contributed by atoms with Crippen LogP contribution in [0.25, 0.3) is 0 Å². The minimum atomic E-state index is 0.895. The predicted molar refractivity (Wildman–Crippen MR) is 74.7 cm³/mol. The molecule has 1 fully saturated rings. The number of rotatable bonds is 4. The highest BCUT2D eigenvalue weighted by atomic mass is 15.1. The second-order valence-corrected chi connectivity index (χ2v) is 5.51. The highest BCUT2D eigenvalue weighted by Gasteiger charge is 2.17. The first-order chi connectivity index (χ1) is 8.15. The zero-order valence-electron chi connectivity index (χ0n) is 11.3. The minimum Gasteiger partial charge on any atom is -0.378 e. The molecule has 1 aromatic rings. The Morgan fingerprint density at radius 3 is 2.47 bits per heavy atom. The number of benzene rings is 1. The Morgan fingerprint density at radius 1 is 1.24 bits per heavy atom. The number of hydrogen-bond donors (Lipinski definition) is 0. The van der Waals surface area contributed by atoms with E-state index in [-0.39, 0.29) is 0 Å². The van der Waals surface area contributed by atoms with Gasteiger partial charge in [-0.15, -0.1) is 0 Å².